The lowest BCUT2D eigenvalue weighted by molar-refractivity contribution is 0.00748. The van der Waals surface area contributed by atoms with Gasteiger partial charge in [0.25, 0.3) is 0 Å². The molecule has 6 heavy (non-hydrogen) atoms. The second kappa shape index (κ2) is 1.55. The van der Waals surface area contributed by atoms with Crippen LogP contribution in [0.3, 0.4) is 0 Å². The average Bonchev–Trinajstić information content (AvgIpc) is 1.35. The van der Waals surface area contributed by atoms with Gasteiger partial charge >= 0.3 is 0 Å². The van der Waals surface area contributed by atoms with Crippen molar-refractivity contribution in [3.8, 4) is 0 Å². The molecule has 0 bridgehead atoms. The van der Waals surface area contributed by atoms with Crippen molar-refractivity contribution in [2.75, 3.05) is 6.61 Å². The molecule has 0 aliphatic rings. The molecule has 0 aliphatic carbocycles. The molecule has 0 fully saturated rings. The summed E-state index contributed by atoms with van der Waals surface area (Å²) in [6, 6.07) is 0. The smallest absolute Gasteiger partial charge is 0.133 e. The molecule has 0 rings (SSSR count). The van der Waals surface area contributed by atoms with E-state index in [1.807, 2.05) is 0 Å². The molecule has 0 aromatic carbocycles. The lowest BCUT2D eigenvalue weighted by Gasteiger charge is -2.10. The van der Waals surface area contributed by atoms with Crippen molar-refractivity contribution in [3.05, 3.63) is 0 Å². The maximum absolute atomic E-state index is 8.35. The maximum Gasteiger partial charge on any atom is 0.133 e. The van der Waals surface area contributed by atoms with E-state index in [0.717, 1.165) is 0 Å². The zero-order valence-corrected chi connectivity index (χ0v) is 3.68. The molecular formula is C3H9NO2. The van der Waals surface area contributed by atoms with Gasteiger partial charge in [-0.05, 0) is 6.92 Å². The Morgan fingerprint density at radius 3 is 2.00 bits per heavy atom. The molecule has 0 saturated carbocycles. The summed E-state index contributed by atoms with van der Waals surface area (Å²) in [6.07, 6.45) is 0. The number of hydrogen-bond donors (Lipinski definition) is 3. The second-order valence-corrected chi connectivity index (χ2v) is 1.52. The van der Waals surface area contributed by atoms with E-state index in [2.05, 4.69) is 0 Å². The molecule has 0 aliphatic heterocycles. The third-order valence-corrected chi connectivity index (χ3v) is 0.320. The molecule has 0 saturated heterocycles. The van der Waals surface area contributed by atoms with Crippen LogP contribution >= 0.6 is 0 Å². The quantitative estimate of drug-likeness (QED) is 0.349. The van der Waals surface area contributed by atoms with Gasteiger partial charge in [-0.15, -0.1) is 0 Å². The van der Waals surface area contributed by atoms with Crippen LogP contribution in [0.25, 0.3) is 0 Å². The minimum atomic E-state index is -1.40. The molecule has 0 radical (unpaired) electrons. The van der Waals surface area contributed by atoms with Crippen LogP contribution in [-0.4, -0.2) is 22.5 Å². The first-order chi connectivity index (χ1) is 2.56. The molecule has 0 spiro atoms. The highest BCUT2D eigenvalue weighted by atomic mass is 16.3. The summed E-state index contributed by atoms with van der Waals surface area (Å²) in [6.45, 7) is 0.931. The number of aliphatic hydroxyl groups is 2. The van der Waals surface area contributed by atoms with Crippen LogP contribution in [0.15, 0.2) is 0 Å². The van der Waals surface area contributed by atoms with E-state index in [1.54, 1.807) is 0 Å². The van der Waals surface area contributed by atoms with Gasteiger partial charge in [0.2, 0.25) is 0 Å². The largest absolute Gasteiger partial charge is 0.392 e. The Kier molecular flexibility index (Phi) is 1.52. The van der Waals surface area contributed by atoms with Gasteiger partial charge in [0.1, 0.15) is 5.72 Å². The van der Waals surface area contributed by atoms with Crippen LogP contribution in [0.1, 0.15) is 6.92 Å². The Labute approximate surface area is 36.4 Å². The van der Waals surface area contributed by atoms with Gasteiger partial charge < -0.3 is 15.9 Å². The fraction of sp³-hybridized carbons (Fsp3) is 1.00. The van der Waals surface area contributed by atoms with E-state index in [1.165, 1.54) is 6.92 Å². The third kappa shape index (κ3) is 3.88. The van der Waals surface area contributed by atoms with Crippen molar-refractivity contribution in [1.29, 1.82) is 0 Å². The first-order valence-electron chi connectivity index (χ1n) is 1.68. The van der Waals surface area contributed by atoms with Gasteiger partial charge in [0, 0.05) is 0 Å². The molecule has 3 heteroatoms. The monoisotopic (exact) mass is 91.1 g/mol. The molecule has 0 amide bonds. The summed E-state index contributed by atoms with van der Waals surface area (Å²) in [5.41, 5.74) is 3.44. The van der Waals surface area contributed by atoms with Crippen LogP contribution in [0, 0.1) is 0 Å². The van der Waals surface area contributed by atoms with Crippen LogP contribution in [-0.2, 0) is 0 Å². The minimum Gasteiger partial charge on any atom is -0.392 e. The molecule has 0 heterocycles. The van der Waals surface area contributed by atoms with E-state index in [0.29, 0.717) is 0 Å². The van der Waals surface area contributed by atoms with Crippen LogP contribution in [0.2, 0.25) is 0 Å². The number of hydrogen-bond acceptors (Lipinski definition) is 3. The van der Waals surface area contributed by atoms with Gasteiger partial charge in [-0.25, -0.2) is 0 Å². The minimum absolute atomic E-state index is 0.396. The molecule has 38 valence electrons. The number of aliphatic hydroxyl groups excluding tert-OH is 1. The van der Waals surface area contributed by atoms with Crippen molar-refractivity contribution in [2.24, 2.45) is 5.73 Å². The zero-order chi connectivity index (χ0) is 5.21. The normalized spacial score (nSPS) is 20.0. The number of nitrogens with two attached hydrogens (primary N) is 1. The predicted molar refractivity (Wildman–Crippen MR) is 21.9 cm³/mol. The Morgan fingerprint density at radius 1 is 1.83 bits per heavy atom. The lowest BCUT2D eigenvalue weighted by atomic mass is 10.3. The van der Waals surface area contributed by atoms with Gasteiger partial charge in [-0.1, -0.05) is 0 Å². The fourth-order valence-corrected chi connectivity index (χ4v) is 0. The van der Waals surface area contributed by atoms with Gasteiger partial charge in [0.05, 0.1) is 6.61 Å². The van der Waals surface area contributed by atoms with Crippen molar-refractivity contribution in [1.82, 2.24) is 0 Å². The summed E-state index contributed by atoms with van der Waals surface area (Å²) >= 11 is 0. The highest BCUT2D eigenvalue weighted by Gasteiger charge is 2.07. The molecule has 0 aromatic heterocycles. The van der Waals surface area contributed by atoms with Crippen molar-refractivity contribution < 1.29 is 10.2 Å². The van der Waals surface area contributed by atoms with Crippen molar-refractivity contribution >= 4 is 0 Å². The van der Waals surface area contributed by atoms with Crippen molar-refractivity contribution in [3.63, 3.8) is 0 Å². The summed E-state index contributed by atoms with van der Waals surface area (Å²) in [7, 11) is 0. The van der Waals surface area contributed by atoms with E-state index >= 15 is 0 Å². The summed E-state index contributed by atoms with van der Waals surface area (Å²) < 4.78 is 0. The van der Waals surface area contributed by atoms with E-state index in [4.69, 9.17) is 15.9 Å². The molecule has 1 atom stereocenters. The third-order valence-electron chi connectivity index (χ3n) is 0.320. The topological polar surface area (TPSA) is 66.5 Å². The lowest BCUT2D eigenvalue weighted by Crippen LogP contribution is -2.39. The van der Waals surface area contributed by atoms with Gasteiger partial charge in [-0.3, -0.25) is 0 Å². The predicted octanol–water partition coefficient (Wildman–Crippen LogP) is -1.35. The Hall–Kier alpha value is -0.120. The fourth-order valence-electron chi connectivity index (χ4n) is 0. The Morgan fingerprint density at radius 2 is 2.00 bits per heavy atom. The summed E-state index contributed by atoms with van der Waals surface area (Å²) in [4.78, 5) is 0. The molecule has 4 N–H and O–H groups in total. The molecule has 0 aromatic rings. The maximum atomic E-state index is 8.35. The SMILES string of the molecule is CC(N)(O)CO. The molecule has 3 nitrogen and oxygen atoms in total. The van der Waals surface area contributed by atoms with Crippen LogP contribution < -0.4 is 5.73 Å². The van der Waals surface area contributed by atoms with E-state index < -0.39 is 12.3 Å². The molecular weight excluding hydrogens is 82.0 g/mol. The van der Waals surface area contributed by atoms with E-state index in [9.17, 15) is 0 Å². The van der Waals surface area contributed by atoms with Gasteiger partial charge in [0.15, 0.2) is 0 Å². The van der Waals surface area contributed by atoms with Crippen LogP contribution in [0.4, 0.5) is 0 Å². The average molecular weight is 91.1 g/mol. The zero-order valence-electron chi connectivity index (χ0n) is 3.68. The van der Waals surface area contributed by atoms with Crippen LogP contribution in [0.5, 0.6) is 0 Å². The Balaban J connectivity index is 3.17. The highest BCUT2D eigenvalue weighted by Crippen LogP contribution is 1.84. The standard InChI is InChI=1S/C3H9NO2/c1-3(4,6)2-5/h5-6H,2,4H2,1H3. The van der Waals surface area contributed by atoms with E-state index in [-0.39, 0.29) is 0 Å². The molecule has 1 unspecified atom stereocenters. The summed E-state index contributed by atoms with van der Waals surface area (Å²) in [5, 5.41) is 16.4. The van der Waals surface area contributed by atoms with Gasteiger partial charge in [-0.2, -0.15) is 0 Å². The number of rotatable bonds is 1. The first kappa shape index (κ1) is 5.88. The Bertz CT molecular complexity index is 38.5. The summed E-state index contributed by atoms with van der Waals surface area (Å²) in [5.74, 6) is 0. The van der Waals surface area contributed by atoms with Crippen molar-refractivity contribution in [2.45, 2.75) is 12.6 Å². The first-order valence-corrected chi connectivity index (χ1v) is 1.68. The second-order valence-electron chi connectivity index (χ2n) is 1.52. The highest BCUT2D eigenvalue weighted by molar-refractivity contribution is 4.57.